The van der Waals surface area contributed by atoms with E-state index in [2.05, 4.69) is 31.3 Å². The van der Waals surface area contributed by atoms with Crippen LogP contribution in [0.4, 0.5) is 11.4 Å². The number of rotatable bonds is 6. The van der Waals surface area contributed by atoms with Crippen molar-refractivity contribution in [3.05, 3.63) is 54.1 Å². The summed E-state index contributed by atoms with van der Waals surface area (Å²) in [6.07, 6.45) is 1.37. The number of hydrogen-bond acceptors (Lipinski definition) is 3. The molecule has 0 aliphatic carbocycles. The van der Waals surface area contributed by atoms with E-state index in [1.807, 2.05) is 36.4 Å². The summed E-state index contributed by atoms with van der Waals surface area (Å²) in [4.78, 5) is 27.3. The van der Waals surface area contributed by atoms with E-state index in [1.54, 1.807) is 16.7 Å². The monoisotopic (exact) mass is 368 g/mol. The third kappa shape index (κ3) is 4.28. The molecule has 136 valence electrons. The van der Waals surface area contributed by atoms with Crippen LogP contribution in [0.2, 0.25) is 0 Å². The van der Waals surface area contributed by atoms with Crippen molar-refractivity contribution >= 4 is 35.0 Å². The molecular formula is C21H24N2O2S. The Labute approximate surface area is 159 Å². The summed E-state index contributed by atoms with van der Waals surface area (Å²) in [5.41, 5.74) is 2.97. The first kappa shape index (κ1) is 18.5. The van der Waals surface area contributed by atoms with Crippen molar-refractivity contribution in [2.24, 2.45) is 0 Å². The zero-order valence-electron chi connectivity index (χ0n) is 15.2. The van der Waals surface area contributed by atoms with Crippen LogP contribution in [-0.2, 0) is 9.59 Å². The van der Waals surface area contributed by atoms with Gasteiger partial charge in [0, 0.05) is 23.5 Å². The van der Waals surface area contributed by atoms with Crippen LogP contribution in [0, 0.1) is 0 Å². The number of carbonyl (C=O) groups excluding carboxylic acids is 2. The van der Waals surface area contributed by atoms with Crippen LogP contribution in [0.25, 0.3) is 0 Å². The molecule has 0 radical (unpaired) electrons. The summed E-state index contributed by atoms with van der Waals surface area (Å²) in [7, 11) is 0. The molecule has 0 spiro atoms. The number of benzene rings is 2. The Morgan fingerprint density at radius 3 is 2.65 bits per heavy atom. The van der Waals surface area contributed by atoms with Gasteiger partial charge >= 0.3 is 0 Å². The predicted octanol–water partition coefficient (Wildman–Crippen LogP) is 4.67. The highest BCUT2D eigenvalue weighted by Crippen LogP contribution is 2.34. The van der Waals surface area contributed by atoms with Gasteiger partial charge < -0.3 is 10.2 Å². The van der Waals surface area contributed by atoms with Crippen molar-refractivity contribution in [1.29, 1.82) is 0 Å². The summed E-state index contributed by atoms with van der Waals surface area (Å²) in [6.45, 7) is 4.76. The van der Waals surface area contributed by atoms with Gasteiger partial charge in [-0.05, 0) is 42.2 Å². The number of carbonyl (C=O) groups is 2. The number of anilines is 2. The van der Waals surface area contributed by atoms with Gasteiger partial charge in [0.2, 0.25) is 11.8 Å². The minimum Gasteiger partial charge on any atom is -0.326 e. The molecule has 1 atom stereocenters. The molecule has 1 heterocycles. The van der Waals surface area contributed by atoms with E-state index in [4.69, 9.17) is 0 Å². The Morgan fingerprint density at radius 2 is 1.92 bits per heavy atom. The molecule has 2 aromatic carbocycles. The highest BCUT2D eigenvalue weighted by Gasteiger charge is 2.24. The van der Waals surface area contributed by atoms with Crippen molar-refractivity contribution in [3.63, 3.8) is 0 Å². The molecule has 2 aromatic rings. The predicted molar refractivity (Wildman–Crippen MR) is 108 cm³/mol. The van der Waals surface area contributed by atoms with E-state index in [0.717, 1.165) is 22.7 Å². The van der Waals surface area contributed by atoms with Gasteiger partial charge in [-0.1, -0.05) is 38.1 Å². The quantitative estimate of drug-likeness (QED) is 0.806. The SMILES string of the molecule is CCC(C)c1ccc(NC(=O)CCN2C(=O)CSc3ccccc32)cc1. The van der Waals surface area contributed by atoms with Gasteiger partial charge in [0.1, 0.15) is 0 Å². The van der Waals surface area contributed by atoms with Crippen LogP contribution in [0.1, 0.15) is 38.2 Å². The smallest absolute Gasteiger partial charge is 0.237 e. The lowest BCUT2D eigenvalue weighted by Gasteiger charge is -2.28. The van der Waals surface area contributed by atoms with E-state index in [1.165, 1.54) is 5.56 Å². The number of nitrogens with zero attached hydrogens (tertiary/aromatic N) is 1. The number of hydrogen-bond donors (Lipinski definition) is 1. The average molecular weight is 369 g/mol. The van der Waals surface area contributed by atoms with Gasteiger partial charge in [0.05, 0.1) is 11.4 Å². The molecule has 26 heavy (non-hydrogen) atoms. The van der Waals surface area contributed by atoms with Gasteiger partial charge in [-0.25, -0.2) is 0 Å². The molecule has 1 aliphatic rings. The van der Waals surface area contributed by atoms with Crippen LogP contribution < -0.4 is 10.2 Å². The summed E-state index contributed by atoms with van der Waals surface area (Å²) in [6, 6.07) is 15.8. The molecule has 1 N–H and O–H groups in total. The van der Waals surface area contributed by atoms with Crippen molar-refractivity contribution in [3.8, 4) is 0 Å². The molecule has 2 amide bonds. The highest BCUT2D eigenvalue weighted by molar-refractivity contribution is 8.00. The van der Waals surface area contributed by atoms with Crippen LogP contribution >= 0.6 is 11.8 Å². The molecule has 1 unspecified atom stereocenters. The number of thioether (sulfide) groups is 1. The fourth-order valence-electron chi connectivity index (χ4n) is 2.97. The lowest BCUT2D eigenvalue weighted by Crippen LogP contribution is -2.37. The van der Waals surface area contributed by atoms with Gasteiger partial charge in [-0.2, -0.15) is 0 Å². The van der Waals surface area contributed by atoms with Gasteiger partial charge in [0.25, 0.3) is 0 Å². The van der Waals surface area contributed by atoms with Crippen molar-refractivity contribution in [2.45, 2.75) is 37.5 Å². The second kappa shape index (κ2) is 8.41. The third-order valence-electron chi connectivity index (χ3n) is 4.75. The van der Waals surface area contributed by atoms with Crippen molar-refractivity contribution < 1.29 is 9.59 Å². The molecular weight excluding hydrogens is 344 g/mol. The zero-order chi connectivity index (χ0) is 18.5. The topological polar surface area (TPSA) is 49.4 Å². The molecule has 0 fully saturated rings. The molecule has 0 saturated heterocycles. The fourth-order valence-corrected chi connectivity index (χ4v) is 3.90. The zero-order valence-corrected chi connectivity index (χ0v) is 16.0. The maximum absolute atomic E-state index is 12.3. The minimum atomic E-state index is -0.0789. The van der Waals surface area contributed by atoms with Crippen molar-refractivity contribution in [1.82, 2.24) is 0 Å². The Morgan fingerprint density at radius 1 is 1.19 bits per heavy atom. The first-order valence-corrected chi connectivity index (χ1v) is 9.99. The summed E-state index contributed by atoms with van der Waals surface area (Å²) in [5.74, 6) is 0.919. The molecule has 5 heteroatoms. The largest absolute Gasteiger partial charge is 0.326 e. The second-order valence-electron chi connectivity index (χ2n) is 6.53. The normalized spacial score (nSPS) is 14.7. The van der Waals surface area contributed by atoms with E-state index in [0.29, 0.717) is 18.2 Å². The van der Waals surface area contributed by atoms with E-state index in [9.17, 15) is 9.59 Å². The first-order chi connectivity index (χ1) is 12.6. The molecule has 0 bridgehead atoms. The molecule has 0 aromatic heterocycles. The standard InChI is InChI=1S/C21H24N2O2S/c1-3-15(2)16-8-10-17(11-9-16)22-20(24)12-13-23-18-6-4-5-7-19(18)26-14-21(23)25/h4-11,15H,3,12-14H2,1-2H3,(H,22,24). The number of amides is 2. The minimum absolute atomic E-state index is 0.0550. The number of para-hydroxylation sites is 1. The summed E-state index contributed by atoms with van der Waals surface area (Å²) in [5, 5.41) is 2.92. The summed E-state index contributed by atoms with van der Waals surface area (Å²) < 4.78 is 0. The first-order valence-electron chi connectivity index (χ1n) is 9.00. The van der Waals surface area contributed by atoms with Gasteiger partial charge in [-0.15, -0.1) is 11.8 Å². The van der Waals surface area contributed by atoms with E-state index < -0.39 is 0 Å². The Balaban J connectivity index is 1.58. The van der Waals surface area contributed by atoms with Gasteiger partial charge in [-0.3, -0.25) is 9.59 Å². The lowest BCUT2D eigenvalue weighted by molar-refractivity contribution is -0.117. The Bertz CT molecular complexity index is 789. The maximum Gasteiger partial charge on any atom is 0.237 e. The van der Waals surface area contributed by atoms with Gasteiger partial charge in [0.15, 0.2) is 0 Å². The number of nitrogens with one attached hydrogen (secondary N) is 1. The van der Waals surface area contributed by atoms with Crippen molar-refractivity contribution in [2.75, 3.05) is 22.5 Å². The van der Waals surface area contributed by atoms with Crippen LogP contribution in [0.5, 0.6) is 0 Å². The second-order valence-corrected chi connectivity index (χ2v) is 7.55. The van der Waals surface area contributed by atoms with E-state index >= 15 is 0 Å². The molecule has 0 saturated carbocycles. The van der Waals surface area contributed by atoms with E-state index in [-0.39, 0.29) is 18.2 Å². The van der Waals surface area contributed by atoms with Crippen LogP contribution in [0.15, 0.2) is 53.4 Å². The molecule has 4 nitrogen and oxygen atoms in total. The summed E-state index contributed by atoms with van der Waals surface area (Å²) >= 11 is 1.55. The molecule has 3 rings (SSSR count). The highest BCUT2D eigenvalue weighted by atomic mass is 32.2. The Hall–Kier alpha value is -2.27. The fraction of sp³-hybridized carbons (Fsp3) is 0.333. The number of fused-ring (bicyclic) bond motifs is 1. The Kier molecular flexibility index (Phi) is 5.99. The van der Waals surface area contributed by atoms with Crippen LogP contribution in [-0.4, -0.2) is 24.1 Å². The maximum atomic E-state index is 12.3. The lowest BCUT2D eigenvalue weighted by atomic mass is 9.99. The third-order valence-corrected chi connectivity index (χ3v) is 5.79. The van der Waals surface area contributed by atoms with Crippen LogP contribution in [0.3, 0.4) is 0 Å². The average Bonchev–Trinajstić information content (AvgIpc) is 2.67. The molecule has 1 aliphatic heterocycles.